The van der Waals surface area contributed by atoms with Crippen LogP contribution in [0.4, 0.5) is 0 Å². The van der Waals surface area contributed by atoms with Crippen molar-refractivity contribution in [2.24, 2.45) is 5.92 Å². The Balaban J connectivity index is 1.99. The zero-order valence-corrected chi connectivity index (χ0v) is 11.1. The summed E-state index contributed by atoms with van der Waals surface area (Å²) in [7, 11) is 2.01. The van der Waals surface area contributed by atoms with Gasteiger partial charge in [-0.15, -0.1) is 0 Å². The molecule has 2 nitrogen and oxygen atoms in total. The molecular weight excluding hydrogens is 208 g/mol. The molecule has 1 aromatic carbocycles. The van der Waals surface area contributed by atoms with E-state index in [0.717, 1.165) is 25.6 Å². The smallest absolute Gasteiger partial charge is 0.0236 e. The van der Waals surface area contributed by atoms with E-state index in [1.807, 2.05) is 7.05 Å². The Hall–Kier alpha value is -0.860. The highest BCUT2D eigenvalue weighted by atomic mass is 15.1. The van der Waals surface area contributed by atoms with Crippen molar-refractivity contribution in [2.45, 2.75) is 32.9 Å². The van der Waals surface area contributed by atoms with Crippen molar-refractivity contribution in [2.75, 3.05) is 20.1 Å². The van der Waals surface area contributed by atoms with Gasteiger partial charge in [0.05, 0.1) is 0 Å². The summed E-state index contributed by atoms with van der Waals surface area (Å²) in [5, 5.41) is 3.25. The predicted octanol–water partition coefficient (Wildman–Crippen LogP) is 2.64. The number of nitrogens with zero attached hydrogens (tertiary/aromatic N) is 1. The summed E-state index contributed by atoms with van der Waals surface area (Å²) in [5.74, 6) is 0.978. The lowest BCUT2D eigenvalue weighted by Gasteiger charge is -2.21. The van der Waals surface area contributed by atoms with Crippen molar-refractivity contribution < 1.29 is 0 Å². The Labute approximate surface area is 105 Å². The van der Waals surface area contributed by atoms with E-state index in [2.05, 4.69) is 41.4 Å². The minimum Gasteiger partial charge on any atom is -0.316 e. The highest BCUT2D eigenvalue weighted by molar-refractivity contribution is 5.26. The summed E-state index contributed by atoms with van der Waals surface area (Å²) in [6.07, 6.45) is 2.88. The van der Waals surface area contributed by atoms with Crippen LogP contribution in [0.2, 0.25) is 0 Å². The molecule has 1 saturated carbocycles. The molecule has 0 spiro atoms. The fourth-order valence-electron chi connectivity index (χ4n) is 2.29. The van der Waals surface area contributed by atoms with Crippen LogP contribution in [-0.2, 0) is 13.1 Å². The first-order valence-electron chi connectivity index (χ1n) is 6.77. The van der Waals surface area contributed by atoms with Crippen molar-refractivity contribution in [1.82, 2.24) is 10.2 Å². The summed E-state index contributed by atoms with van der Waals surface area (Å²) >= 11 is 0. The molecule has 94 valence electrons. The van der Waals surface area contributed by atoms with Gasteiger partial charge < -0.3 is 5.32 Å². The Morgan fingerprint density at radius 1 is 1.24 bits per heavy atom. The van der Waals surface area contributed by atoms with Crippen molar-refractivity contribution in [3.05, 3.63) is 35.4 Å². The van der Waals surface area contributed by atoms with Crippen LogP contribution in [0.5, 0.6) is 0 Å². The minimum absolute atomic E-state index is 0.969. The van der Waals surface area contributed by atoms with Crippen LogP contribution in [0.25, 0.3) is 0 Å². The van der Waals surface area contributed by atoms with Crippen LogP contribution in [0, 0.1) is 5.92 Å². The zero-order chi connectivity index (χ0) is 12.1. The average Bonchev–Trinajstić information content (AvgIpc) is 3.15. The second-order valence-electron chi connectivity index (χ2n) is 5.07. The van der Waals surface area contributed by atoms with Gasteiger partial charge in [0, 0.05) is 19.6 Å². The van der Waals surface area contributed by atoms with E-state index >= 15 is 0 Å². The molecule has 0 unspecified atom stereocenters. The molecule has 0 saturated heterocycles. The number of benzene rings is 1. The van der Waals surface area contributed by atoms with E-state index in [4.69, 9.17) is 0 Å². The monoisotopic (exact) mass is 232 g/mol. The highest BCUT2D eigenvalue weighted by Crippen LogP contribution is 2.30. The Morgan fingerprint density at radius 3 is 2.53 bits per heavy atom. The molecule has 0 atom stereocenters. The Morgan fingerprint density at radius 2 is 1.94 bits per heavy atom. The second kappa shape index (κ2) is 6.18. The maximum Gasteiger partial charge on any atom is 0.0236 e. The van der Waals surface area contributed by atoms with E-state index in [-0.39, 0.29) is 0 Å². The summed E-state index contributed by atoms with van der Waals surface area (Å²) in [5.41, 5.74) is 2.91. The SMILES string of the molecule is CCN(Cc1ccccc1CNC)CC1CC1. The molecule has 0 radical (unpaired) electrons. The quantitative estimate of drug-likeness (QED) is 0.777. The largest absolute Gasteiger partial charge is 0.316 e. The molecule has 0 heterocycles. The van der Waals surface area contributed by atoms with E-state index in [1.165, 1.54) is 30.5 Å². The van der Waals surface area contributed by atoms with Gasteiger partial charge in [-0.25, -0.2) is 0 Å². The standard InChI is InChI=1S/C15H24N2/c1-3-17(11-13-8-9-13)12-15-7-5-4-6-14(15)10-16-2/h4-7,13,16H,3,8-12H2,1-2H3. The third-order valence-corrected chi connectivity index (χ3v) is 3.54. The fourth-order valence-corrected chi connectivity index (χ4v) is 2.29. The van der Waals surface area contributed by atoms with Crippen molar-refractivity contribution in [3.8, 4) is 0 Å². The third kappa shape index (κ3) is 3.83. The van der Waals surface area contributed by atoms with Gasteiger partial charge in [-0.2, -0.15) is 0 Å². The first kappa shape index (κ1) is 12.6. The molecule has 2 rings (SSSR count). The predicted molar refractivity (Wildman–Crippen MR) is 72.9 cm³/mol. The molecule has 1 fully saturated rings. The lowest BCUT2D eigenvalue weighted by molar-refractivity contribution is 0.267. The van der Waals surface area contributed by atoms with E-state index in [1.54, 1.807) is 0 Å². The maximum absolute atomic E-state index is 3.25. The lowest BCUT2D eigenvalue weighted by atomic mass is 10.1. The van der Waals surface area contributed by atoms with Crippen LogP contribution in [0.3, 0.4) is 0 Å². The molecule has 1 aliphatic carbocycles. The molecule has 0 aliphatic heterocycles. The maximum atomic E-state index is 3.25. The van der Waals surface area contributed by atoms with Crippen LogP contribution in [0.1, 0.15) is 30.9 Å². The summed E-state index contributed by atoms with van der Waals surface area (Å²) < 4.78 is 0. The van der Waals surface area contributed by atoms with Crippen LogP contribution in [0.15, 0.2) is 24.3 Å². The van der Waals surface area contributed by atoms with Crippen LogP contribution < -0.4 is 5.32 Å². The molecular formula is C15H24N2. The molecule has 0 bridgehead atoms. The Bertz CT molecular complexity index is 345. The first-order chi connectivity index (χ1) is 8.33. The van der Waals surface area contributed by atoms with E-state index in [9.17, 15) is 0 Å². The zero-order valence-electron chi connectivity index (χ0n) is 11.1. The lowest BCUT2D eigenvalue weighted by Crippen LogP contribution is -2.26. The molecule has 0 aromatic heterocycles. The van der Waals surface area contributed by atoms with Gasteiger partial charge in [-0.3, -0.25) is 4.90 Å². The number of nitrogens with one attached hydrogen (secondary N) is 1. The van der Waals surface area contributed by atoms with Crippen LogP contribution in [-0.4, -0.2) is 25.0 Å². The van der Waals surface area contributed by atoms with Gasteiger partial charge in [-0.1, -0.05) is 31.2 Å². The third-order valence-electron chi connectivity index (χ3n) is 3.54. The molecule has 1 N–H and O–H groups in total. The van der Waals surface area contributed by atoms with Gasteiger partial charge in [0.1, 0.15) is 0 Å². The summed E-state index contributed by atoms with van der Waals surface area (Å²) in [6, 6.07) is 8.78. The second-order valence-corrected chi connectivity index (χ2v) is 5.07. The van der Waals surface area contributed by atoms with E-state index in [0.29, 0.717) is 0 Å². The van der Waals surface area contributed by atoms with Gasteiger partial charge in [0.2, 0.25) is 0 Å². The van der Waals surface area contributed by atoms with Gasteiger partial charge in [-0.05, 0) is 43.5 Å². The van der Waals surface area contributed by atoms with Gasteiger partial charge >= 0.3 is 0 Å². The highest BCUT2D eigenvalue weighted by Gasteiger charge is 2.23. The van der Waals surface area contributed by atoms with Gasteiger partial charge in [0.25, 0.3) is 0 Å². The number of rotatable bonds is 7. The Kier molecular flexibility index (Phi) is 4.57. The molecule has 2 heteroatoms. The molecule has 17 heavy (non-hydrogen) atoms. The van der Waals surface area contributed by atoms with Crippen molar-refractivity contribution in [3.63, 3.8) is 0 Å². The number of hydrogen-bond donors (Lipinski definition) is 1. The molecule has 1 aromatic rings. The van der Waals surface area contributed by atoms with Crippen molar-refractivity contribution in [1.29, 1.82) is 0 Å². The van der Waals surface area contributed by atoms with Gasteiger partial charge in [0.15, 0.2) is 0 Å². The normalized spacial score (nSPS) is 15.5. The molecule has 0 amide bonds. The topological polar surface area (TPSA) is 15.3 Å². The summed E-state index contributed by atoms with van der Waals surface area (Å²) in [6.45, 7) is 6.78. The fraction of sp³-hybridized carbons (Fsp3) is 0.600. The summed E-state index contributed by atoms with van der Waals surface area (Å²) in [4.78, 5) is 2.58. The first-order valence-corrected chi connectivity index (χ1v) is 6.77. The van der Waals surface area contributed by atoms with Crippen molar-refractivity contribution >= 4 is 0 Å². The number of hydrogen-bond acceptors (Lipinski definition) is 2. The van der Waals surface area contributed by atoms with E-state index < -0.39 is 0 Å². The average molecular weight is 232 g/mol. The minimum atomic E-state index is 0.969. The van der Waals surface area contributed by atoms with Crippen LogP contribution >= 0.6 is 0 Å². The molecule has 1 aliphatic rings.